The summed E-state index contributed by atoms with van der Waals surface area (Å²) in [5.41, 5.74) is 4.85. The van der Waals surface area contributed by atoms with Crippen LogP contribution in [0.25, 0.3) is 23.0 Å². The van der Waals surface area contributed by atoms with Crippen molar-refractivity contribution in [3.05, 3.63) is 114 Å². The Balaban J connectivity index is 1.77. The first-order valence-corrected chi connectivity index (χ1v) is 10.6. The highest BCUT2D eigenvalue weighted by Crippen LogP contribution is 2.25. The summed E-state index contributed by atoms with van der Waals surface area (Å²) in [6.45, 7) is 1.95. The minimum Gasteiger partial charge on any atom is -0.354 e. The molecule has 0 saturated carbocycles. The number of nitrogens with zero attached hydrogens (tertiary/aromatic N) is 2. The Bertz CT molecular complexity index is 1290. The molecule has 1 heterocycles. The second kappa shape index (κ2) is 9.78. The molecule has 0 saturated heterocycles. The second-order valence-corrected chi connectivity index (χ2v) is 7.54. The molecule has 164 valence electrons. The van der Waals surface area contributed by atoms with Crippen LogP contribution in [0.3, 0.4) is 0 Å². The van der Waals surface area contributed by atoms with Crippen LogP contribution in [0.5, 0.6) is 0 Å². The van der Waals surface area contributed by atoms with Crippen molar-refractivity contribution < 1.29 is 9.59 Å². The molecule has 4 rings (SSSR count). The van der Waals surface area contributed by atoms with Crippen LogP contribution >= 0.6 is 0 Å². The average Bonchev–Trinajstić information content (AvgIpc) is 3.28. The fourth-order valence-electron chi connectivity index (χ4n) is 3.37. The molecule has 0 aliphatic heterocycles. The Morgan fingerprint density at radius 2 is 1.52 bits per heavy atom. The highest BCUT2D eigenvalue weighted by molar-refractivity contribution is 6.05. The van der Waals surface area contributed by atoms with Crippen LogP contribution in [0.4, 0.5) is 0 Å². The zero-order valence-electron chi connectivity index (χ0n) is 18.4. The van der Waals surface area contributed by atoms with E-state index in [1.807, 2.05) is 85.9 Å². The molecule has 0 spiro atoms. The van der Waals surface area contributed by atoms with Gasteiger partial charge in [0.15, 0.2) is 0 Å². The first-order chi connectivity index (χ1) is 16.0. The molecule has 0 atom stereocenters. The number of aryl methyl sites for hydroxylation is 1. The fourth-order valence-corrected chi connectivity index (χ4v) is 3.37. The minimum atomic E-state index is -0.401. The van der Waals surface area contributed by atoms with Crippen LogP contribution < -0.4 is 10.6 Å². The van der Waals surface area contributed by atoms with Crippen molar-refractivity contribution in [3.63, 3.8) is 0 Å². The van der Waals surface area contributed by atoms with Crippen molar-refractivity contribution in [2.75, 3.05) is 7.05 Å². The van der Waals surface area contributed by atoms with Crippen molar-refractivity contribution in [2.45, 2.75) is 6.92 Å². The van der Waals surface area contributed by atoms with Crippen molar-refractivity contribution in [3.8, 4) is 16.9 Å². The van der Waals surface area contributed by atoms with Gasteiger partial charge in [0.1, 0.15) is 11.4 Å². The number of rotatable bonds is 6. The average molecular weight is 437 g/mol. The van der Waals surface area contributed by atoms with Gasteiger partial charge in [-0.05, 0) is 37.3 Å². The maximum atomic E-state index is 12.8. The van der Waals surface area contributed by atoms with E-state index in [1.165, 1.54) is 7.05 Å². The Labute approximate surface area is 192 Å². The van der Waals surface area contributed by atoms with Gasteiger partial charge in [-0.15, -0.1) is 0 Å². The van der Waals surface area contributed by atoms with Crippen molar-refractivity contribution in [1.29, 1.82) is 0 Å². The Hall–Kier alpha value is -4.45. The molecule has 4 aromatic rings. The lowest BCUT2D eigenvalue weighted by molar-refractivity contribution is -0.117. The molecule has 33 heavy (non-hydrogen) atoms. The molecular weight excluding hydrogens is 412 g/mol. The molecule has 0 bridgehead atoms. The molecule has 6 heteroatoms. The summed E-state index contributed by atoms with van der Waals surface area (Å²) in [5.74, 6) is -0.761. The van der Waals surface area contributed by atoms with Crippen LogP contribution in [-0.2, 0) is 4.79 Å². The lowest BCUT2D eigenvalue weighted by atomic mass is 10.1. The number of para-hydroxylation sites is 1. The smallest absolute Gasteiger partial charge is 0.267 e. The van der Waals surface area contributed by atoms with E-state index < -0.39 is 5.91 Å². The number of hydrogen-bond acceptors (Lipinski definition) is 3. The van der Waals surface area contributed by atoms with Crippen molar-refractivity contribution in [2.24, 2.45) is 0 Å². The van der Waals surface area contributed by atoms with Crippen molar-refractivity contribution in [1.82, 2.24) is 20.4 Å². The molecule has 0 fully saturated rings. The maximum Gasteiger partial charge on any atom is 0.267 e. The summed E-state index contributed by atoms with van der Waals surface area (Å²) >= 11 is 0. The van der Waals surface area contributed by atoms with Crippen LogP contribution in [-0.4, -0.2) is 28.6 Å². The predicted molar refractivity (Wildman–Crippen MR) is 130 cm³/mol. The van der Waals surface area contributed by atoms with Gasteiger partial charge in [-0.2, -0.15) is 5.10 Å². The van der Waals surface area contributed by atoms with Gasteiger partial charge in [-0.25, -0.2) is 4.68 Å². The van der Waals surface area contributed by atoms with Gasteiger partial charge < -0.3 is 10.6 Å². The number of likely N-dealkylation sites (N-methyl/N-ethyl adjacent to an activating group) is 1. The number of benzene rings is 3. The van der Waals surface area contributed by atoms with E-state index in [0.29, 0.717) is 16.8 Å². The van der Waals surface area contributed by atoms with Gasteiger partial charge >= 0.3 is 0 Å². The zero-order valence-corrected chi connectivity index (χ0v) is 18.4. The number of amides is 2. The van der Waals surface area contributed by atoms with Crippen molar-refractivity contribution >= 4 is 17.9 Å². The van der Waals surface area contributed by atoms with Gasteiger partial charge in [-0.1, -0.05) is 66.2 Å². The van der Waals surface area contributed by atoms with E-state index >= 15 is 0 Å². The molecule has 0 radical (unpaired) electrons. The fraction of sp³-hybridized carbons (Fsp3) is 0.0741. The quantitative estimate of drug-likeness (QED) is 0.441. The predicted octanol–water partition coefficient (Wildman–Crippen LogP) is 4.36. The largest absolute Gasteiger partial charge is 0.354 e. The van der Waals surface area contributed by atoms with Crippen LogP contribution in [0.2, 0.25) is 0 Å². The molecule has 2 amide bonds. The Morgan fingerprint density at radius 1 is 0.879 bits per heavy atom. The van der Waals surface area contributed by atoms with Gasteiger partial charge in [0, 0.05) is 29.9 Å². The summed E-state index contributed by atoms with van der Waals surface area (Å²) in [6, 6.07) is 26.6. The van der Waals surface area contributed by atoms with E-state index in [2.05, 4.69) is 10.6 Å². The van der Waals surface area contributed by atoms with Gasteiger partial charge in [0.25, 0.3) is 11.8 Å². The second-order valence-electron chi connectivity index (χ2n) is 7.54. The standard InChI is InChI=1S/C27H24N4O2/c1-19-13-15-21(16-14-19)26(32)29-24(27(33)28-2)17-22-18-31(23-11-7-4-8-12-23)30-25(22)20-9-5-3-6-10-20/h3-18H,1-2H3,(H,28,33)(H,29,32). The van der Waals surface area contributed by atoms with Gasteiger partial charge in [0.2, 0.25) is 0 Å². The van der Waals surface area contributed by atoms with E-state index in [-0.39, 0.29) is 11.6 Å². The number of carbonyl (C=O) groups excluding carboxylic acids is 2. The van der Waals surface area contributed by atoms with Crippen LogP contribution in [0.1, 0.15) is 21.5 Å². The summed E-state index contributed by atoms with van der Waals surface area (Å²) in [4.78, 5) is 25.4. The molecule has 0 unspecified atom stereocenters. The molecule has 0 aliphatic carbocycles. The summed E-state index contributed by atoms with van der Waals surface area (Å²) in [7, 11) is 1.53. The van der Waals surface area contributed by atoms with E-state index in [9.17, 15) is 9.59 Å². The van der Waals surface area contributed by atoms with Crippen LogP contribution in [0.15, 0.2) is 96.8 Å². The van der Waals surface area contributed by atoms with E-state index in [0.717, 1.165) is 16.8 Å². The number of nitrogens with one attached hydrogen (secondary N) is 2. The third kappa shape index (κ3) is 5.07. The monoisotopic (exact) mass is 436 g/mol. The lowest BCUT2D eigenvalue weighted by Gasteiger charge is -2.09. The maximum absolute atomic E-state index is 12.8. The SMILES string of the molecule is CNC(=O)C(=Cc1cn(-c2ccccc2)nc1-c1ccccc1)NC(=O)c1ccc(C)cc1. The number of carbonyl (C=O) groups is 2. The summed E-state index contributed by atoms with van der Waals surface area (Å²) in [5, 5.41) is 10.1. The first kappa shape index (κ1) is 21.8. The first-order valence-electron chi connectivity index (χ1n) is 10.6. The number of hydrogen-bond donors (Lipinski definition) is 2. The third-order valence-electron chi connectivity index (χ3n) is 5.14. The Morgan fingerprint density at radius 3 is 2.15 bits per heavy atom. The molecular formula is C27H24N4O2. The Kier molecular flexibility index (Phi) is 6.45. The molecule has 1 aromatic heterocycles. The topological polar surface area (TPSA) is 76.0 Å². The zero-order chi connectivity index (χ0) is 23.2. The normalized spacial score (nSPS) is 11.2. The highest BCUT2D eigenvalue weighted by Gasteiger charge is 2.17. The molecule has 0 aliphatic rings. The third-order valence-corrected chi connectivity index (χ3v) is 5.14. The van der Waals surface area contributed by atoms with E-state index in [1.54, 1.807) is 22.9 Å². The summed E-state index contributed by atoms with van der Waals surface area (Å²) in [6.07, 6.45) is 3.50. The summed E-state index contributed by atoms with van der Waals surface area (Å²) < 4.78 is 1.76. The minimum absolute atomic E-state index is 0.132. The molecule has 6 nitrogen and oxygen atoms in total. The number of aromatic nitrogens is 2. The molecule has 3 aromatic carbocycles. The highest BCUT2D eigenvalue weighted by atomic mass is 16.2. The van der Waals surface area contributed by atoms with Crippen LogP contribution in [0, 0.1) is 6.92 Å². The van der Waals surface area contributed by atoms with E-state index in [4.69, 9.17) is 5.10 Å². The van der Waals surface area contributed by atoms with Gasteiger partial charge in [-0.3, -0.25) is 9.59 Å². The lowest BCUT2D eigenvalue weighted by Crippen LogP contribution is -2.33. The molecule has 2 N–H and O–H groups in total. The van der Waals surface area contributed by atoms with Gasteiger partial charge in [0.05, 0.1) is 5.69 Å².